The molecular weight excluding hydrogens is 244 g/mol. The third kappa shape index (κ3) is 3.21. The fraction of sp³-hybridized carbons (Fsp3) is 0.929. The van der Waals surface area contributed by atoms with E-state index in [9.17, 15) is 4.79 Å². The number of hydrogen-bond acceptors (Lipinski definition) is 3. The number of likely N-dealkylation sites (tertiary alicyclic amines) is 1. The molecule has 1 amide bonds. The van der Waals surface area contributed by atoms with Crippen LogP contribution in [-0.2, 0) is 4.79 Å². The normalized spacial score (nSPS) is 29.8. The van der Waals surface area contributed by atoms with Crippen LogP contribution in [0.15, 0.2) is 0 Å². The number of rotatable bonds is 4. The zero-order valence-electron chi connectivity index (χ0n) is 11.1. The Kier molecular flexibility index (Phi) is 4.14. The maximum absolute atomic E-state index is 11.9. The number of hydrogen-bond donors (Lipinski definition) is 1. The third-order valence-electron chi connectivity index (χ3n) is 4.45. The first-order valence-corrected chi connectivity index (χ1v) is 8.58. The van der Waals surface area contributed by atoms with Crippen LogP contribution < -0.4 is 5.32 Å². The number of carbonyl (C=O) groups is 1. The smallest absolute Gasteiger partial charge is 0.225 e. The summed E-state index contributed by atoms with van der Waals surface area (Å²) in [5.41, 5.74) is 0. The minimum Gasteiger partial charge on any atom is -0.342 e. The predicted octanol–water partition coefficient (Wildman–Crippen LogP) is 1.73. The van der Waals surface area contributed by atoms with Crippen LogP contribution in [0.1, 0.15) is 32.1 Å². The first-order valence-electron chi connectivity index (χ1n) is 7.43. The van der Waals surface area contributed by atoms with Gasteiger partial charge in [-0.1, -0.05) is 0 Å². The van der Waals surface area contributed by atoms with Crippen molar-refractivity contribution < 1.29 is 4.79 Å². The lowest BCUT2D eigenvalue weighted by atomic mass is 10.0. The average Bonchev–Trinajstić information content (AvgIpc) is 3.13. The Balaban J connectivity index is 1.35. The van der Waals surface area contributed by atoms with Gasteiger partial charge in [-0.25, -0.2) is 0 Å². The zero-order chi connectivity index (χ0) is 12.4. The van der Waals surface area contributed by atoms with Crippen LogP contribution in [0, 0.1) is 11.8 Å². The van der Waals surface area contributed by atoms with Gasteiger partial charge in [-0.2, -0.15) is 11.8 Å². The first-order chi connectivity index (χ1) is 8.83. The van der Waals surface area contributed by atoms with Gasteiger partial charge >= 0.3 is 0 Å². The standard InChI is InChI=1S/C14H24N2OS/c17-14(12-1-2-12)16-6-3-13(4-7-16)15-9-11-5-8-18-10-11/h11-13,15H,1-10H2. The molecule has 3 aliphatic rings. The molecule has 3 fully saturated rings. The van der Waals surface area contributed by atoms with Crippen LogP contribution >= 0.6 is 11.8 Å². The number of carbonyl (C=O) groups excluding carboxylic acids is 1. The summed E-state index contributed by atoms with van der Waals surface area (Å²) in [4.78, 5) is 14.0. The molecule has 0 aromatic heterocycles. The number of amides is 1. The molecule has 1 N–H and O–H groups in total. The Hall–Kier alpha value is -0.220. The van der Waals surface area contributed by atoms with E-state index in [1.807, 2.05) is 0 Å². The molecule has 1 atom stereocenters. The molecule has 1 unspecified atom stereocenters. The molecule has 1 aliphatic carbocycles. The molecule has 0 radical (unpaired) electrons. The summed E-state index contributed by atoms with van der Waals surface area (Å²) in [5.74, 6) is 4.40. The quantitative estimate of drug-likeness (QED) is 0.843. The minimum absolute atomic E-state index is 0.394. The highest BCUT2D eigenvalue weighted by molar-refractivity contribution is 7.99. The van der Waals surface area contributed by atoms with E-state index in [2.05, 4.69) is 22.0 Å². The van der Waals surface area contributed by atoms with E-state index < -0.39 is 0 Å². The van der Waals surface area contributed by atoms with E-state index in [4.69, 9.17) is 0 Å². The molecule has 3 nitrogen and oxygen atoms in total. The van der Waals surface area contributed by atoms with Crippen LogP contribution in [0.3, 0.4) is 0 Å². The van der Waals surface area contributed by atoms with Crippen LogP contribution in [0.25, 0.3) is 0 Å². The topological polar surface area (TPSA) is 32.3 Å². The molecule has 1 saturated carbocycles. The molecule has 102 valence electrons. The molecule has 3 rings (SSSR count). The van der Waals surface area contributed by atoms with Gasteiger partial charge < -0.3 is 10.2 Å². The van der Waals surface area contributed by atoms with E-state index in [0.29, 0.717) is 17.9 Å². The van der Waals surface area contributed by atoms with Gasteiger partial charge in [-0.05, 0) is 56.1 Å². The van der Waals surface area contributed by atoms with Gasteiger partial charge in [0.25, 0.3) is 0 Å². The van der Waals surface area contributed by atoms with Crippen LogP contribution in [-0.4, -0.2) is 48.0 Å². The van der Waals surface area contributed by atoms with Gasteiger partial charge in [0, 0.05) is 25.0 Å². The molecule has 2 saturated heterocycles. The van der Waals surface area contributed by atoms with Gasteiger partial charge in [0.15, 0.2) is 0 Å². The fourth-order valence-electron chi connectivity index (χ4n) is 2.97. The molecule has 4 heteroatoms. The minimum atomic E-state index is 0.394. The Morgan fingerprint density at radius 2 is 1.94 bits per heavy atom. The van der Waals surface area contributed by atoms with Crippen molar-refractivity contribution in [2.45, 2.75) is 38.1 Å². The van der Waals surface area contributed by atoms with Gasteiger partial charge in [-0.15, -0.1) is 0 Å². The number of nitrogens with one attached hydrogen (secondary N) is 1. The molecule has 2 heterocycles. The fourth-order valence-corrected chi connectivity index (χ4v) is 4.25. The van der Waals surface area contributed by atoms with Crippen molar-refractivity contribution in [1.82, 2.24) is 10.2 Å². The summed E-state index contributed by atoms with van der Waals surface area (Å²) in [6, 6.07) is 0.652. The summed E-state index contributed by atoms with van der Waals surface area (Å²) in [7, 11) is 0. The largest absolute Gasteiger partial charge is 0.342 e. The monoisotopic (exact) mass is 268 g/mol. The van der Waals surface area contributed by atoms with E-state index in [-0.39, 0.29) is 0 Å². The lowest BCUT2D eigenvalue weighted by molar-refractivity contribution is -0.133. The summed E-state index contributed by atoms with van der Waals surface area (Å²) in [5, 5.41) is 3.72. The number of thioether (sulfide) groups is 1. The number of piperidine rings is 1. The van der Waals surface area contributed by atoms with Gasteiger partial charge in [0.05, 0.1) is 0 Å². The Morgan fingerprint density at radius 1 is 1.17 bits per heavy atom. The SMILES string of the molecule is O=C(C1CC1)N1CCC(NCC2CCSC2)CC1. The van der Waals surface area contributed by atoms with E-state index in [1.165, 1.54) is 24.5 Å². The molecular formula is C14H24N2OS. The van der Waals surface area contributed by atoms with Crippen LogP contribution in [0.5, 0.6) is 0 Å². The first kappa shape index (κ1) is 12.8. The van der Waals surface area contributed by atoms with Gasteiger partial charge in [0.2, 0.25) is 5.91 Å². The van der Waals surface area contributed by atoms with Crippen molar-refractivity contribution in [3.63, 3.8) is 0 Å². The Labute approximate surface area is 114 Å². The molecule has 0 aromatic carbocycles. The van der Waals surface area contributed by atoms with Crippen molar-refractivity contribution in [2.75, 3.05) is 31.1 Å². The highest BCUT2D eigenvalue weighted by Crippen LogP contribution is 2.32. The van der Waals surface area contributed by atoms with Crippen molar-refractivity contribution in [1.29, 1.82) is 0 Å². The van der Waals surface area contributed by atoms with Crippen molar-refractivity contribution in [3.05, 3.63) is 0 Å². The molecule has 0 bridgehead atoms. The van der Waals surface area contributed by atoms with Gasteiger partial charge in [-0.3, -0.25) is 4.79 Å². The second-order valence-corrected chi connectivity index (χ2v) is 7.16. The number of nitrogens with zero attached hydrogens (tertiary/aromatic N) is 1. The highest BCUT2D eigenvalue weighted by atomic mass is 32.2. The molecule has 0 spiro atoms. The lowest BCUT2D eigenvalue weighted by Gasteiger charge is -2.33. The van der Waals surface area contributed by atoms with E-state index in [0.717, 1.165) is 44.7 Å². The zero-order valence-corrected chi connectivity index (χ0v) is 11.9. The van der Waals surface area contributed by atoms with Crippen molar-refractivity contribution >= 4 is 17.7 Å². The van der Waals surface area contributed by atoms with Crippen LogP contribution in [0.2, 0.25) is 0 Å². The second-order valence-electron chi connectivity index (χ2n) is 6.01. The summed E-state index contributed by atoms with van der Waals surface area (Å²) < 4.78 is 0. The van der Waals surface area contributed by atoms with Crippen molar-refractivity contribution in [3.8, 4) is 0 Å². The van der Waals surface area contributed by atoms with Crippen molar-refractivity contribution in [2.24, 2.45) is 11.8 Å². The average molecular weight is 268 g/mol. The van der Waals surface area contributed by atoms with Crippen LogP contribution in [0.4, 0.5) is 0 Å². The van der Waals surface area contributed by atoms with Gasteiger partial charge in [0.1, 0.15) is 0 Å². The highest BCUT2D eigenvalue weighted by Gasteiger charge is 2.34. The predicted molar refractivity (Wildman–Crippen MR) is 75.8 cm³/mol. The molecule has 2 aliphatic heterocycles. The van der Waals surface area contributed by atoms with E-state index >= 15 is 0 Å². The third-order valence-corrected chi connectivity index (χ3v) is 5.68. The molecule has 18 heavy (non-hydrogen) atoms. The molecule has 0 aromatic rings. The summed E-state index contributed by atoms with van der Waals surface area (Å²) in [6.45, 7) is 3.15. The second kappa shape index (κ2) is 5.83. The maximum Gasteiger partial charge on any atom is 0.225 e. The maximum atomic E-state index is 11.9. The van der Waals surface area contributed by atoms with E-state index in [1.54, 1.807) is 0 Å². The summed E-state index contributed by atoms with van der Waals surface area (Å²) >= 11 is 2.09. The Bertz CT molecular complexity index is 292. The Morgan fingerprint density at radius 3 is 2.56 bits per heavy atom. The summed E-state index contributed by atoms with van der Waals surface area (Å²) in [6.07, 6.45) is 5.96. The lowest BCUT2D eigenvalue weighted by Crippen LogP contribution is -2.46.